The van der Waals surface area contributed by atoms with E-state index in [1.807, 2.05) is 42.1 Å². The summed E-state index contributed by atoms with van der Waals surface area (Å²) in [7, 11) is 1.69. The molecule has 2 N–H and O–H groups in total. The third-order valence-corrected chi connectivity index (χ3v) is 7.76. The summed E-state index contributed by atoms with van der Waals surface area (Å²) < 4.78 is 2.50. The summed E-state index contributed by atoms with van der Waals surface area (Å²) in [4.78, 5) is 27.2. The molecule has 4 aromatic rings. The van der Waals surface area contributed by atoms with Crippen LogP contribution in [-0.2, 0) is 4.79 Å². The standard InChI is InChI=1S/C23H24BrN7OS/c1-13-11-26-20(33-13)14-4-6-16(7-5-14)31-19-17(18(24)30-31)12-27-22(29-19)28-15-8-9-23(2,10-15)21(32)25-3/h4-7,11-12,15H,8-10H2,1-3H3,(H,25,32)(H,27,28,29)/t15-,23-/m1/s1. The Morgan fingerprint density at radius 2 is 2.03 bits per heavy atom. The quantitative estimate of drug-likeness (QED) is 0.391. The van der Waals surface area contributed by atoms with Crippen LogP contribution in [0.15, 0.2) is 41.3 Å². The van der Waals surface area contributed by atoms with Crippen molar-refractivity contribution >= 4 is 50.2 Å². The predicted molar refractivity (Wildman–Crippen MR) is 134 cm³/mol. The van der Waals surface area contributed by atoms with Gasteiger partial charge in [0.25, 0.3) is 0 Å². The van der Waals surface area contributed by atoms with E-state index in [9.17, 15) is 4.79 Å². The molecule has 0 spiro atoms. The predicted octanol–water partition coefficient (Wildman–Crippen LogP) is 4.73. The molecule has 1 fully saturated rings. The van der Waals surface area contributed by atoms with Crippen molar-refractivity contribution in [3.05, 3.63) is 46.1 Å². The number of carbonyl (C=O) groups is 1. The van der Waals surface area contributed by atoms with Crippen LogP contribution < -0.4 is 10.6 Å². The third-order valence-electron chi connectivity index (χ3n) is 6.21. The molecular formula is C23H24BrN7OS. The smallest absolute Gasteiger partial charge is 0.225 e. The van der Waals surface area contributed by atoms with E-state index in [-0.39, 0.29) is 17.4 Å². The number of hydrogen-bond acceptors (Lipinski definition) is 7. The van der Waals surface area contributed by atoms with E-state index in [0.29, 0.717) is 16.2 Å². The van der Waals surface area contributed by atoms with Crippen LogP contribution in [0.4, 0.5) is 5.95 Å². The molecule has 1 aliphatic rings. The first-order valence-electron chi connectivity index (χ1n) is 10.8. The lowest BCUT2D eigenvalue weighted by molar-refractivity contribution is -0.129. The van der Waals surface area contributed by atoms with Gasteiger partial charge >= 0.3 is 0 Å². The lowest BCUT2D eigenvalue weighted by Crippen LogP contribution is -2.35. The Morgan fingerprint density at radius 1 is 1.24 bits per heavy atom. The Morgan fingerprint density at radius 3 is 2.73 bits per heavy atom. The molecule has 0 unspecified atom stereocenters. The number of benzene rings is 1. The number of aromatic nitrogens is 5. The topological polar surface area (TPSA) is 97.6 Å². The summed E-state index contributed by atoms with van der Waals surface area (Å²) in [6, 6.07) is 8.28. The molecule has 8 nitrogen and oxygen atoms in total. The minimum atomic E-state index is -0.362. The Labute approximate surface area is 204 Å². The maximum atomic E-state index is 12.2. The van der Waals surface area contributed by atoms with E-state index in [1.165, 1.54) is 4.88 Å². The fraction of sp³-hybridized carbons (Fsp3) is 0.348. The molecular weight excluding hydrogens is 502 g/mol. The molecule has 3 heterocycles. The van der Waals surface area contributed by atoms with Crippen LogP contribution in [-0.4, -0.2) is 43.7 Å². The van der Waals surface area contributed by atoms with Gasteiger partial charge in [0, 0.05) is 41.3 Å². The lowest BCUT2D eigenvalue weighted by Gasteiger charge is -2.22. The molecule has 1 aromatic carbocycles. The van der Waals surface area contributed by atoms with E-state index in [2.05, 4.69) is 48.6 Å². The highest BCUT2D eigenvalue weighted by atomic mass is 79.9. The van der Waals surface area contributed by atoms with Crippen molar-refractivity contribution in [3.63, 3.8) is 0 Å². The Balaban J connectivity index is 1.42. The van der Waals surface area contributed by atoms with Crippen molar-refractivity contribution in [2.45, 2.75) is 39.2 Å². The highest BCUT2D eigenvalue weighted by molar-refractivity contribution is 9.10. The van der Waals surface area contributed by atoms with Gasteiger partial charge in [0.2, 0.25) is 11.9 Å². The van der Waals surface area contributed by atoms with E-state index in [4.69, 9.17) is 4.98 Å². The maximum absolute atomic E-state index is 12.2. The summed E-state index contributed by atoms with van der Waals surface area (Å²) in [5, 5.41) is 12.7. The van der Waals surface area contributed by atoms with Gasteiger partial charge in [-0.3, -0.25) is 4.79 Å². The third kappa shape index (κ3) is 4.13. The number of rotatable bonds is 5. The molecule has 33 heavy (non-hydrogen) atoms. The number of aryl methyl sites for hydroxylation is 1. The van der Waals surface area contributed by atoms with Crippen molar-refractivity contribution < 1.29 is 4.79 Å². The molecule has 0 radical (unpaired) electrons. The number of hydrogen-bond donors (Lipinski definition) is 2. The molecule has 0 aliphatic heterocycles. The average molecular weight is 526 g/mol. The SMILES string of the molecule is CNC(=O)[C@]1(C)CC[C@@H](Nc2ncc3c(Br)nn(-c4ccc(-c5ncc(C)s5)cc4)c3n2)C1. The summed E-state index contributed by atoms with van der Waals surface area (Å²) in [6.07, 6.45) is 6.14. The van der Waals surface area contributed by atoms with Crippen LogP contribution in [0.25, 0.3) is 27.3 Å². The molecule has 1 aliphatic carbocycles. The summed E-state index contributed by atoms with van der Waals surface area (Å²) in [5.74, 6) is 0.624. The Hall–Kier alpha value is -2.85. The number of thiazole rings is 1. The van der Waals surface area contributed by atoms with E-state index >= 15 is 0 Å². The van der Waals surface area contributed by atoms with Gasteiger partial charge in [0.1, 0.15) is 9.61 Å². The van der Waals surface area contributed by atoms with Crippen molar-refractivity contribution in [3.8, 4) is 16.3 Å². The highest BCUT2D eigenvalue weighted by Gasteiger charge is 2.40. The molecule has 3 aromatic heterocycles. The van der Waals surface area contributed by atoms with Crippen LogP contribution in [0.3, 0.4) is 0 Å². The number of amides is 1. The number of anilines is 1. The van der Waals surface area contributed by atoms with E-state index < -0.39 is 0 Å². The minimum absolute atomic E-state index is 0.0848. The summed E-state index contributed by atoms with van der Waals surface area (Å²) >= 11 is 5.21. The minimum Gasteiger partial charge on any atom is -0.359 e. The number of halogens is 1. The van der Waals surface area contributed by atoms with Crippen LogP contribution >= 0.6 is 27.3 Å². The second-order valence-electron chi connectivity index (χ2n) is 8.68. The Kier molecular flexibility index (Phi) is 5.65. The van der Waals surface area contributed by atoms with Crippen LogP contribution in [0, 0.1) is 12.3 Å². The van der Waals surface area contributed by atoms with Crippen LogP contribution in [0.1, 0.15) is 31.1 Å². The molecule has 2 atom stereocenters. The molecule has 0 bridgehead atoms. The highest BCUT2D eigenvalue weighted by Crippen LogP contribution is 2.39. The Bertz CT molecular complexity index is 1330. The van der Waals surface area contributed by atoms with Gasteiger partial charge in [0.05, 0.1) is 11.1 Å². The normalized spacial score (nSPS) is 20.3. The van der Waals surface area contributed by atoms with Gasteiger partial charge in [-0.2, -0.15) is 10.1 Å². The second-order valence-corrected chi connectivity index (χ2v) is 10.7. The lowest BCUT2D eigenvalue weighted by atomic mass is 9.87. The van der Waals surface area contributed by atoms with Gasteiger partial charge in [-0.15, -0.1) is 11.3 Å². The zero-order chi connectivity index (χ0) is 23.2. The maximum Gasteiger partial charge on any atom is 0.225 e. The number of nitrogens with zero attached hydrogens (tertiary/aromatic N) is 5. The van der Waals surface area contributed by atoms with Gasteiger partial charge < -0.3 is 10.6 Å². The van der Waals surface area contributed by atoms with Gasteiger partial charge in [-0.05, 0) is 66.4 Å². The number of fused-ring (bicyclic) bond motifs is 1. The van der Waals surface area contributed by atoms with Crippen molar-refractivity contribution in [2.24, 2.45) is 5.41 Å². The molecule has 10 heteroatoms. The van der Waals surface area contributed by atoms with Gasteiger partial charge in [0.15, 0.2) is 5.65 Å². The molecule has 0 saturated heterocycles. The largest absolute Gasteiger partial charge is 0.359 e. The first kappa shape index (κ1) is 22.0. The first-order chi connectivity index (χ1) is 15.9. The van der Waals surface area contributed by atoms with E-state index in [1.54, 1.807) is 24.6 Å². The summed E-state index contributed by atoms with van der Waals surface area (Å²) in [6.45, 7) is 4.07. The average Bonchev–Trinajstić information content (AvgIpc) is 3.51. The van der Waals surface area contributed by atoms with Gasteiger partial charge in [-0.25, -0.2) is 14.6 Å². The number of nitrogens with one attached hydrogen (secondary N) is 2. The van der Waals surface area contributed by atoms with Crippen molar-refractivity contribution in [1.29, 1.82) is 0 Å². The fourth-order valence-corrected chi connectivity index (χ4v) is 5.61. The van der Waals surface area contributed by atoms with E-state index in [0.717, 1.165) is 40.9 Å². The summed E-state index contributed by atoms with van der Waals surface area (Å²) in [5.41, 5.74) is 2.33. The van der Waals surface area contributed by atoms with Crippen LogP contribution in [0.2, 0.25) is 0 Å². The monoisotopic (exact) mass is 525 g/mol. The zero-order valence-corrected chi connectivity index (χ0v) is 21.0. The van der Waals surface area contributed by atoms with Gasteiger partial charge in [-0.1, -0.05) is 6.92 Å². The first-order valence-corrected chi connectivity index (χ1v) is 12.4. The number of carbonyl (C=O) groups excluding carboxylic acids is 1. The van der Waals surface area contributed by atoms with Crippen LogP contribution in [0.5, 0.6) is 0 Å². The zero-order valence-electron chi connectivity index (χ0n) is 18.6. The molecule has 5 rings (SSSR count). The van der Waals surface area contributed by atoms with Crippen molar-refractivity contribution in [2.75, 3.05) is 12.4 Å². The second kappa shape index (κ2) is 8.49. The molecule has 170 valence electrons. The van der Waals surface area contributed by atoms with Crippen molar-refractivity contribution in [1.82, 2.24) is 30.0 Å². The molecule has 1 amide bonds. The molecule has 1 saturated carbocycles. The fourth-order valence-electron chi connectivity index (χ4n) is 4.41.